The summed E-state index contributed by atoms with van der Waals surface area (Å²) in [5.41, 5.74) is -1.87. The quantitative estimate of drug-likeness (QED) is 0.479. The van der Waals surface area contributed by atoms with Crippen LogP contribution in [0.2, 0.25) is 0 Å². The molecular formula is C24H24F3NO4S. The lowest BCUT2D eigenvalue weighted by Gasteiger charge is -2.31. The molecule has 0 atom stereocenters. The molecule has 0 aliphatic carbocycles. The highest BCUT2D eigenvalue weighted by atomic mass is 32.2. The summed E-state index contributed by atoms with van der Waals surface area (Å²) in [4.78, 5) is -0.0665. The minimum absolute atomic E-state index is 0.0665. The van der Waals surface area contributed by atoms with Crippen LogP contribution in [-0.4, -0.2) is 25.7 Å². The van der Waals surface area contributed by atoms with E-state index in [-0.39, 0.29) is 22.9 Å². The first-order chi connectivity index (χ1) is 15.4. The van der Waals surface area contributed by atoms with Crippen molar-refractivity contribution in [2.24, 2.45) is 0 Å². The third-order valence-corrected chi connectivity index (χ3v) is 6.43. The van der Waals surface area contributed by atoms with Gasteiger partial charge in [-0.15, -0.1) is 0 Å². The second-order valence-electron chi connectivity index (χ2n) is 8.09. The van der Waals surface area contributed by atoms with Gasteiger partial charge >= 0.3 is 6.18 Å². The molecule has 3 rings (SSSR count). The van der Waals surface area contributed by atoms with E-state index in [1.54, 1.807) is 36.4 Å². The Kier molecular flexibility index (Phi) is 7.04. The van der Waals surface area contributed by atoms with E-state index in [4.69, 9.17) is 4.74 Å². The lowest BCUT2D eigenvalue weighted by molar-refractivity contribution is -0.137. The van der Waals surface area contributed by atoms with E-state index >= 15 is 0 Å². The molecule has 0 saturated carbocycles. The molecule has 0 heterocycles. The molecule has 9 heteroatoms. The van der Waals surface area contributed by atoms with Gasteiger partial charge < -0.3 is 9.84 Å². The van der Waals surface area contributed by atoms with Crippen LogP contribution in [0.25, 0.3) is 0 Å². The maximum absolute atomic E-state index is 13.5. The molecule has 0 amide bonds. The zero-order valence-electron chi connectivity index (χ0n) is 18.1. The Labute approximate surface area is 191 Å². The van der Waals surface area contributed by atoms with Crippen molar-refractivity contribution in [3.8, 4) is 5.75 Å². The second kappa shape index (κ2) is 9.44. The van der Waals surface area contributed by atoms with E-state index in [1.165, 1.54) is 38.1 Å². The van der Waals surface area contributed by atoms with Crippen molar-refractivity contribution in [1.29, 1.82) is 0 Å². The number of hydrogen-bond donors (Lipinski definition) is 1. The Morgan fingerprint density at radius 1 is 0.909 bits per heavy atom. The molecule has 33 heavy (non-hydrogen) atoms. The van der Waals surface area contributed by atoms with Gasteiger partial charge in [0.05, 0.1) is 28.3 Å². The van der Waals surface area contributed by atoms with Crippen molar-refractivity contribution in [2.75, 3.05) is 10.8 Å². The van der Waals surface area contributed by atoms with Crippen LogP contribution in [0.4, 0.5) is 18.9 Å². The number of nitrogens with zero attached hydrogens (tertiary/aromatic N) is 1. The van der Waals surface area contributed by atoms with Crippen molar-refractivity contribution >= 4 is 15.7 Å². The molecule has 0 unspecified atom stereocenters. The average Bonchev–Trinajstić information content (AvgIpc) is 2.76. The summed E-state index contributed by atoms with van der Waals surface area (Å²) >= 11 is 0. The molecule has 0 aromatic heterocycles. The molecule has 0 aliphatic heterocycles. The number of anilines is 1. The summed E-state index contributed by atoms with van der Waals surface area (Å²) < 4.78 is 73.7. The van der Waals surface area contributed by atoms with Crippen LogP contribution in [0.5, 0.6) is 5.75 Å². The van der Waals surface area contributed by atoms with E-state index in [2.05, 4.69) is 0 Å². The zero-order valence-corrected chi connectivity index (χ0v) is 18.9. The maximum Gasteiger partial charge on any atom is 0.416 e. The molecule has 1 N–H and O–H groups in total. The summed E-state index contributed by atoms with van der Waals surface area (Å²) in [6.45, 7) is 2.35. The van der Waals surface area contributed by atoms with Gasteiger partial charge in [-0.05, 0) is 49.7 Å². The molecular weight excluding hydrogens is 455 g/mol. The van der Waals surface area contributed by atoms with Crippen molar-refractivity contribution < 1.29 is 31.4 Å². The summed E-state index contributed by atoms with van der Waals surface area (Å²) in [5.74, 6) is -0.266. The van der Waals surface area contributed by atoms with E-state index in [0.717, 1.165) is 22.5 Å². The molecule has 0 spiro atoms. The van der Waals surface area contributed by atoms with E-state index in [0.29, 0.717) is 5.56 Å². The highest BCUT2D eigenvalue weighted by Gasteiger charge is 2.35. The second-order valence-corrected chi connectivity index (χ2v) is 9.95. The average molecular weight is 480 g/mol. The summed E-state index contributed by atoms with van der Waals surface area (Å²) in [6.07, 6.45) is -4.65. The van der Waals surface area contributed by atoms with Crippen LogP contribution in [0, 0.1) is 0 Å². The number of ether oxygens (including phenoxy) is 1. The number of benzene rings is 3. The van der Waals surface area contributed by atoms with Crippen LogP contribution in [0.15, 0.2) is 83.8 Å². The Morgan fingerprint density at radius 3 is 2.03 bits per heavy atom. The van der Waals surface area contributed by atoms with Gasteiger partial charge in [0.25, 0.3) is 10.0 Å². The maximum atomic E-state index is 13.5. The van der Waals surface area contributed by atoms with E-state index in [9.17, 15) is 26.7 Å². The monoisotopic (exact) mass is 479 g/mol. The molecule has 5 nitrogen and oxygen atoms in total. The van der Waals surface area contributed by atoms with Crippen LogP contribution in [-0.2, 0) is 22.8 Å². The van der Waals surface area contributed by atoms with Crippen LogP contribution < -0.4 is 9.04 Å². The number of aliphatic hydroxyl groups is 1. The molecule has 0 bridgehead atoms. The lowest BCUT2D eigenvalue weighted by atomic mass is 10.1. The van der Waals surface area contributed by atoms with Gasteiger partial charge in [0, 0.05) is 0 Å². The van der Waals surface area contributed by atoms with Crippen LogP contribution >= 0.6 is 0 Å². The standard InChI is InChI=1S/C24H24F3NO4S/c1-23(2,29)17-28(33(30,31)20-11-7-4-8-12-20)21-14-13-19(24(25,26)27)15-22(21)32-16-18-9-5-3-6-10-18/h3-15,29H,16-17H2,1-2H3. The fourth-order valence-electron chi connectivity index (χ4n) is 3.12. The topological polar surface area (TPSA) is 66.8 Å². The zero-order chi connectivity index (χ0) is 24.3. The van der Waals surface area contributed by atoms with Gasteiger partial charge in [0.15, 0.2) is 0 Å². The first-order valence-corrected chi connectivity index (χ1v) is 11.5. The third kappa shape index (κ3) is 6.27. The minimum atomic E-state index is -4.65. The van der Waals surface area contributed by atoms with Crippen molar-refractivity contribution in [2.45, 2.75) is 37.1 Å². The highest BCUT2D eigenvalue weighted by molar-refractivity contribution is 7.92. The molecule has 3 aromatic rings. The summed E-state index contributed by atoms with van der Waals surface area (Å²) in [5, 5.41) is 10.4. The predicted octanol–water partition coefficient (Wildman–Crippen LogP) is 5.25. The van der Waals surface area contributed by atoms with Gasteiger partial charge in [-0.2, -0.15) is 13.2 Å². The Balaban J connectivity index is 2.13. The third-order valence-electron chi connectivity index (χ3n) is 4.65. The molecule has 176 valence electrons. The lowest BCUT2D eigenvalue weighted by Crippen LogP contribution is -2.42. The predicted molar refractivity (Wildman–Crippen MR) is 119 cm³/mol. The van der Waals surface area contributed by atoms with Crippen LogP contribution in [0.1, 0.15) is 25.0 Å². The Bertz CT molecular complexity index is 1180. The smallest absolute Gasteiger partial charge is 0.416 e. The fourth-order valence-corrected chi connectivity index (χ4v) is 4.77. The minimum Gasteiger partial charge on any atom is -0.487 e. The molecule has 3 aromatic carbocycles. The molecule has 0 saturated heterocycles. The number of sulfonamides is 1. The van der Waals surface area contributed by atoms with Gasteiger partial charge in [-0.25, -0.2) is 8.42 Å². The van der Waals surface area contributed by atoms with Gasteiger partial charge in [-0.1, -0.05) is 48.5 Å². The molecule has 0 radical (unpaired) electrons. The van der Waals surface area contributed by atoms with E-state index < -0.39 is 33.9 Å². The Hall–Kier alpha value is -3.04. The van der Waals surface area contributed by atoms with Gasteiger partial charge in [-0.3, -0.25) is 4.31 Å². The van der Waals surface area contributed by atoms with Crippen molar-refractivity contribution in [3.63, 3.8) is 0 Å². The largest absolute Gasteiger partial charge is 0.487 e. The SMILES string of the molecule is CC(C)(O)CN(c1ccc(C(F)(F)F)cc1OCc1ccccc1)S(=O)(=O)c1ccccc1. The normalized spacial score (nSPS) is 12.4. The first kappa shape index (κ1) is 24.6. The molecule has 0 aliphatic rings. The Morgan fingerprint density at radius 2 is 1.48 bits per heavy atom. The van der Waals surface area contributed by atoms with Gasteiger partial charge in [0.2, 0.25) is 0 Å². The summed E-state index contributed by atoms with van der Waals surface area (Å²) in [7, 11) is -4.23. The number of hydrogen-bond acceptors (Lipinski definition) is 4. The first-order valence-electron chi connectivity index (χ1n) is 10.1. The summed E-state index contributed by atoms with van der Waals surface area (Å²) in [6, 6.07) is 18.9. The number of halogens is 3. The molecule has 0 fully saturated rings. The number of alkyl halides is 3. The number of rotatable bonds is 8. The van der Waals surface area contributed by atoms with Crippen LogP contribution in [0.3, 0.4) is 0 Å². The van der Waals surface area contributed by atoms with Gasteiger partial charge in [0.1, 0.15) is 12.4 Å². The fraction of sp³-hybridized carbons (Fsp3) is 0.250. The van der Waals surface area contributed by atoms with E-state index in [1.807, 2.05) is 0 Å². The van der Waals surface area contributed by atoms with Crippen molar-refractivity contribution in [3.05, 3.63) is 90.0 Å². The van der Waals surface area contributed by atoms with Crippen molar-refractivity contribution in [1.82, 2.24) is 0 Å². The highest BCUT2D eigenvalue weighted by Crippen LogP contribution is 2.39.